The largest absolute Gasteiger partial charge is 0.433 e. The third-order valence-corrected chi connectivity index (χ3v) is 1.30. The summed E-state index contributed by atoms with van der Waals surface area (Å²) in [5.74, 6) is 0.215. The van der Waals surface area contributed by atoms with Crippen molar-refractivity contribution in [3.63, 3.8) is 0 Å². The molecule has 1 rings (SSSR count). The maximum absolute atomic E-state index is 10.1. The van der Waals surface area contributed by atoms with Gasteiger partial charge in [0.15, 0.2) is 0 Å². The number of nitrogens with zero attached hydrogens (tertiary/aromatic N) is 2. The van der Waals surface area contributed by atoms with Gasteiger partial charge in [0.25, 0.3) is 0 Å². The van der Waals surface area contributed by atoms with Crippen molar-refractivity contribution < 1.29 is 9.34 Å². The molecule has 0 N–H and O–H groups in total. The first-order valence-corrected chi connectivity index (χ1v) is 3.30. The molecule has 0 aliphatic heterocycles. The summed E-state index contributed by atoms with van der Waals surface area (Å²) in [5.41, 5.74) is 0. The molecule has 1 aromatic rings. The lowest BCUT2D eigenvalue weighted by Gasteiger charge is -1.84. The van der Waals surface area contributed by atoms with Gasteiger partial charge in [0.2, 0.25) is 6.54 Å². The first-order chi connectivity index (χ1) is 5.74. The Bertz CT molecular complexity index is 324. The highest BCUT2D eigenvalue weighted by molar-refractivity contribution is 5.18. The predicted octanol–water partition coefficient (Wildman–Crippen LogP) is 1.65. The van der Waals surface area contributed by atoms with E-state index in [4.69, 9.17) is 11.0 Å². The molecule has 12 heavy (non-hydrogen) atoms. The van der Waals surface area contributed by atoms with Crippen LogP contribution in [0.3, 0.4) is 0 Å². The number of hydrogen-bond acceptors (Lipinski definition) is 3. The lowest BCUT2D eigenvalue weighted by atomic mass is 10.3. The number of nitro groups is 1. The Balaban J connectivity index is 2.66. The standard InChI is InChI=1S/C7H6N2O3/c1-8-5-4-6-2-3-7(12-6)9(10)11/h2-3H,4-5H2. The Morgan fingerprint density at radius 3 is 2.92 bits per heavy atom. The van der Waals surface area contributed by atoms with Crippen LogP contribution in [0.15, 0.2) is 16.5 Å². The van der Waals surface area contributed by atoms with Gasteiger partial charge in [-0.25, -0.2) is 6.57 Å². The van der Waals surface area contributed by atoms with Gasteiger partial charge in [0.1, 0.15) is 10.7 Å². The Labute approximate surface area is 68.6 Å². The van der Waals surface area contributed by atoms with E-state index in [1.165, 1.54) is 12.1 Å². The molecule has 0 saturated heterocycles. The van der Waals surface area contributed by atoms with Gasteiger partial charge in [-0.05, 0) is 6.07 Å². The molecule has 62 valence electrons. The summed E-state index contributed by atoms with van der Waals surface area (Å²) in [6.45, 7) is 6.79. The molecule has 0 aliphatic rings. The first kappa shape index (κ1) is 8.27. The van der Waals surface area contributed by atoms with Crippen LogP contribution in [0.4, 0.5) is 5.88 Å². The van der Waals surface area contributed by atoms with E-state index in [9.17, 15) is 10.1 Å². The summed E-state index contributed by atoms with van der Waals surface area (Å²) in [5, 5.41) is 10.1. The number of hydrogen-bond donors (Lipinski definition) is 0. The van der Waals surface area contributed by atoms with Crippen molar-refractivity contribution >= 4 is 5.88 Å². The molecule has 0 aliphatic carbocycles. The molecule has 0 aromatic carbocycles. The topological polar surface area (TPSA) is 60.6 Å². The maximum atomic E-state index is 10.1. The summed E-state index contributed by atoms with van der Waals surface area (Å²) in [4.78, 5) is 12.6. The van der Waals surface area contributed by atoms with E-state index in [0.717, 1.165) is 0 Å². The summed E-state index contributed by atoms with van der Waals surface area (Å²) < 4.78 is 4.80. The average Bonchev–Trinajstić information content (AvgIpc) is 2.48. The SMILES string of the molecule is [C-]#[N+]CCc1ccc([N+](=O)[O-])o1. The van der Waals surface area contributed by atoms with E-state index < -0.39 is 4.92 Å². The fourth-order valence-electron chi connectivity index (χ4n) is 0.765. The van der Waals surface area contributed by atoms with Crippen LogP contribution in [0.25, 0.3) is 4.85 Å². The molecule has 0 bridgehead atoms. The lowest BCUT2D eigenvalue weighted by molar-refractivity contribution is -0.402. The molecule has 0 amide bonds. The Hall–Kier alpha value is -1.83. The van der Waals surface area contributed by atoms with Gasteiger partial charge in [-0.2, -0.15) is 0 Å². The van der Waals surface area contributed by atoms with Gasteiger partial charge in [0.05, 0.1) is 12.5 Å². The van der Waals surface area contributed by atoms with Crippen LogP contribution in [-0.2, 0) is 6.42 Å². The minimum absolute atomic E-state index is 0.269. The van der Waals surface area contributed by atoms with Crippen molar-refractivity contribution in [1.82, 2.24) is 0 Å². The molecule has 0 saturated carbocycles. The van der Waals surface area contributed by atoms with Crippen molar-refractivity contribution in [2.45, 2.75) is 6.42 Å². The minimum atomic E-state index is -0.596. The van der Waals surface area contributed by atoms with Crippen LogP contribution in [0, 0.1) is 16.7 Å². The molecule has 0 radical (unpaired) electrons. The quantitative estimate of drug-likeness (QED) is 0.389. The second-order valence-corrected chi connectivity index (χ2v) is 2.13. The molecule has 5 heteroatoms. The van der Waals surface area contributed by atoms with Gasteiger partial charge < -0.3 is 9.26 Å². The van der Waals surface area contributed by atoms with E-state index in [0.29, 0.717) is 18.7 Å². The van der Waals surface area contributed by atoms with Crippen molar-refractivity contribution in [3.8, 4) is 0 Å². The van der Waals surface area contributed by atoms with E-state index >= 15 is 0 Å². The highest BCUT2D eigenvalue weighted by atomic mass is 16.6. The van der Waals surface area contributed by atoms with Crippen LogP contribution < -0.4 is 0 Å². The van der Waals surface area contributed by atoms with E-state index in [1.54, 1.807) is 0 Å². The molecule has 0 atom stereocenters. The van der Waals surface area contributed by atoms with Gasteiger partial charge >= 0.3 is 5.88 Å². The second kappa shape index (κ2) is 3.53. The van der Waals surface area contributed by atoms with Crippen LogP contribution >= 0.6 is 0 Å². The van der Waals surface area contributed by atoms with Gasteiger partial charge in [-0.15, -0.1) is 0 Å². The van der Waals surface area contributed by atoms with E-state index in [1.807, 2.05) is 0 Å². The Kier molecular flexibility index (Phi) is 2.43. The number of rotatable bonds is 3. The monoisotopic (exact) mass is 166 g/mol. The fourth-order valence-corrected chi connectivity index (χ4v) is 0.765. The van der Waals surface area contributed by atoms with E-state index in [2.05, 4.69) is 4.85 Å². The van der Waals surface area contributed by atoms with Crippen LogP contribution in [0.5, 0.6) is 0 Å². The Morgan fingerprint density at radius 2 is 2.42 bits per heavy atom. The van der Waals surface area contributed by atoms with Crippen molar-refractivity contribution in [2.75, 3.05) is 6.54 Å². The van der Waals surface area contributed by atoms with Crippen LogP contribution in [-0.4, -0.2) is 11.5 Å². The molecule has 5 nitrogen and oxygen atoms in total. The summed E-state index contributed by atoms with van der Waals surface area (Å²) in [6, 6.07) is 2.81. The maximum Gasteiger partial charge on any atom is 0.433 e. The summed E-state index contributed by atoms with van der Waals surface area (Å²) in [7, 11) is 0. The van der Waals surface area contributed by atoms with Crippen molar-refractivity contribution in [3.05, 3.63) is 39.4 Å². The zero-order chi connectivity index (χ0) is 8.97. The van der Waals surface area contributed by atoms with Crippen molar-refractivity contribution in [1.29, 1.82) is 0 Å². The Morgan fingerprint density at radius 1 is 1.67 bits per heavy atom. The predicted molar refractivity (Wildman–Crippen MR) is 40.5 cm³/mol. The zero-order valence-electron chi connectivity index (χ0n) is 6.19. The molecule has 0 unspecified atom stereocenters. The average molecular weight is 166 g/mol. The third-order valence-electron chi connectivity index (χ3n) is 1.30. The van der Waals surface area contributed by atoms with Crippen LogP contribution in [0.2, 0.25) is 0 Å². The van der Waals surface area contributed by atoms with Gasteiger partial charge in [0, 0.05) is 0 Å². The minimum Gasteiger partial charge on any atom is -0.406 e. The summed E-state index contributed by atoms with van der Waals surface area (Å²) >= 11 is 0. The fraction of sp³-hybridized carbons (Fsp3) is 0.286. The molecular weight excluding hydrogens is 160 g/mol. The highest BCUT2D eigenvalue weighted by Crippen LogP contribution is 2.15. The smallest absolute Gasteiger partial charge is 0.406 e. The van der Waals surface area contributed by atoms with Crippen LogP contribution in [0.1, 0.15) is 5.76 Å². The molecule has 0 spiro atoms. The third kappa shape index (κ3) is 1.83. The first-order valence-electron chi connectivity index (χ1n) is 3.30. The molecule has 1 aromatic heterocycles. The van der Waals surface area contributed by atoms with Gasteiger partial charge in [-0.3, -0.25) is 10.1 Å². The zero-order valence-corrected chi connectivity index (χ0v) is 6.19. The number of furan rings is 1. The van der Waals surface area contributed by atoms with Crippen molar-refractivity contribution in [2.24, 2.45) is 0 Å². The molecule has 1 heterocycles. The van der Waals surface area contributed by atoms with E-state index in [-0.39, 0.29) is 5.88 Å². The second-order valence-electron chi connectivity index (χ2n) is 2.13. The molecule has 0 fully saturated rings. The summed E-state index contributed by atoms with van der Waals surface area (Å²) in [6.07, 6.45) is 0.428. The normalized spacial score (nSPS) is 9.25. The van der Waals surface area contributed by atoms with Gasteiger partial charge in [-0.1, -0.05) is 0 Å². The lowest BCUT2D eigenvalue weighted by Crippen LogP contribution is -1.85. The molecular formula is C7H6N2O3. The highest BCUT2D eigenvalue weighted by Gasteiger charge is 2.11.